The molecule has 0 aliphatic heterocycles. The Morgan fingerprint density at radius 3 is 2.44 bits per heavy atom. The molecule has 7 nitrogen and oxygen atoms in total. The van der Waals surface area contributed by atoms with Crippen LogP contribution in [0.25, 0.3) is 11.1 Å². The third kappa shape index (κ3) is 3.45. The molecule has 3 aromatic rings. The number of benzene rings is 2. The van der Waals surface area contributed by atoms with Gasteiger partial charge in [0.1, 0.15) is 6.54 Å². The second-order valence-electron chi connectivity index (χ2n) is 5.87. The second kappa shape index (κ2) is 6.27. The lowest BCUT2D eigenvalue weighted by molar-refractivity contribution is -0.116. The first-order chi connectivity index (χ1) is 11.8. The Morgan fingerprint density at radius 1 is 1.12 bits per heavy atom. The van der Waals surface area contributed by atoms with E-state index in [2.05, 4.69) is 5.32 Å². The van der Waals surface area contributed by atoms with Crippen LogP contribution in [0.15, 0.2) is 45.6 Å². The Labute approximate surface area is 142 Å². The summed E-state index contributed by atoms with van der Waals surface area (Å²) in [5.41, 5.74) is 3.15. The number of hydrogen-bond acceptors (Lipinski definition) is 4. The SMILES string of the molecule is Cc1cc(C)cc(NC(=O)Cn2c(=O)oc3ccc(C(=O)O)cc32)c1. The Bertz CT molecular complexity index is 1030. The number of aryl methyl sites for hydroxylation is 2. The summed E-state index contributed by atoms with van der Waals surface area (Å²) < 4.78 is 6.17. The van der Waals surface area contributed by atoms with E-state index in [1.54, 1.807) is 0 Å². The molecule has 0 unspecified atom stereocenters. The van der Waals surface area contributed by atoms with Crippen LogP contribution in [-0.2, 0) is 11.3 Å². The number of anilines is 1. The molecule has 1 heterocycles. The third-order valence-corrected chi connectivity index (χ3v) is 3.72. The normalized spacial score (nSPS) is 10.8. The Hall–Kier alpha value is -3.35. The highest BCUT2D eigenvalue weighted by Crippen LogP contribution is 2.17. The zero-order valence-electron chi connectivity index (χ0n) is 13.7. The molecule has 0 aliphatic carbocycles. The summed E-state index contributed by atoms with van der Waals surface area (Å²) in [4.78, 5) is 35.4. The number of carboxylic acids is 1. The number of aromatic nitrogens is 1. The van der Waals surface area contributed by atoms with Crippen molar-refractivity contribution in [2.24, 2.45) is 0 Å². The molecule has 7 heteroatoms. The van der Waals surface area contributed by atoms with Gasteiger partial charge in [0.15, 0.2) is 5.58 Å². The molecule has 0 saturated heterocycles. The first-order valence-corrected chi connectivity index (χ1v) is 7.58. The Balaban J connectivity index is 1.90. The standard InChI is InChI=1S/C18H16N2O5/c1-10-5-11(2)7-13(6-10)19-16(21)9-20-14-8-12(17(22)23)3-4-15(14)25-18(20)24/h3-8H,9H2,1-2H3,(H,19,21)(H,22,23). The molecule has 0 bridgehead atoms. The van der Waals surface area contributed by atoms with Crippen LogP contribution < -0.4 is 11.1 Å². The summed E-state index contributed by atoms with van der Waals surface area (Å²) >= 11 is 0. The number of amides is 1. The Morgan fingerprint density at radius 2 is 1.80 bits per heavy atom. The molecule has 3 rings (SSSR count). The summed E-state index contributed by atoms with van der Waals surface area (Å²) in [5, 5.41) is 11.8. The van der Waals surface area contributed by atoms with Crippen molar-refractivity contribution < 1.29 is 19.1 Å². The fraction of sp³-hybridized carbons (Fsp3) is 0.167. The fourth-order valence-corrected chi connectivity index (χ4v) is 2.74. The second-order valence-corrected chi connectivity index (χ2v) is 5.87. The first kappa shape index (κ1) is 16.5. The number of nitrogens with one attached hydrogen (secondary N) is 1. The van der Waals surface area contributed by atoms with Crippen molar-refractivity contribution in [2.45, 2.75) is 20.4 Å². The highest BCUT2D eigenvalue weighted by atomic mass is 16.4. The monoisotopic (exact) mass is 340 g/mol. The van der Waals surface area contributed by atoms with E-state index >= 15 is 0 Å². The maximum absolute atomic E-state index is 12.3. The number of carbonyl (C=O) groups excluding carboxylic acids is 1. The molecule has 1 amide bonds. The molecule has 2 N–H and O–H groups in total. The van der Waals surface area contributed by atoms with Crippen molar-refractivity contribution in [3.63, 3.8) is 0 Å². The summed E-state index contributed by atoms with van der Waals surface area (Å²) in [6.45, 7) is 3.57. The van der Waals surface area contributed by atoms with Crippen LogP contribution in [-0.4, -0.2) is 21.6 Å². The number of carboxylic acid groups (broad SMARTS) is 1. The molecule has 0 spiro atoms. The molecule has 2 aromatic carbocycles. The average molecular weight is 340 g/mol. The van der Waals surface area contributed by atoms with Crippen LogP contribution in [0.1, 0.15) is 21.5 Å². The molecule has 0 aliphatic rings. The van der Waals surface area contributed by atoms with Gasteiger partial charge in [0.25, 0.3) is 0 Å². The molecule has 0 atom stereocenters. The van der Waals surface area contributed by atoms with Gasteiger partial charge in [-0.2, -0.15) is 0 Å². The van der Waals surface area contributed by atoms with E-state index in [-0.39, 0.29) is 23.2 Å². The van der Waals surface area contributed by atoms with Crippen LogP contribution in [0.5, 0.6) is 0 Å². The number of nitrogens with zero attached hydrogens (tertiary/aromatic N) is 1. The number of aromatic carboxylic acids is 1. The van der Waals surface area contributed by atoms with Gasteiger partial charge < -0.3 is 14.8 Å². The van der Waals surface area contributed by atoms with Crippen LogP contribution >= 0.6 is 0 Å². The van der Waals surface area contributed by atoms with E-state index in [0.29, 0.717) is 5.69 Å². The van der Waals surface area contributed by atoms with Gasteiger partial charge in [-0.25, -0.2) is 9.59 Å². The fourth-order valence-electron chi connectivity index (χ4n) is 2.74. The predicted molar refractivity (Wildman–Crippen MR) is 92.0 cm³/mol. The van der Waals surface area contributed by atoms with E-state index in [4.69, 9.17) is 9.52 Å². The third-order valence-electron chi connectivity index (χ3n) is 3.72. The summed E-state index contributed by atoms with van der Waals surface area (Å²) in [7, 11) is 0. The molecular weight excluding hydrogens is 324 g/mol. The van der Waals surface area contributed by atoms with Crippen molar-refractivity contribution in [3.8, 4) is 0 Å². The van der Waals surface area contributed by atoms with Crippen molar-refractivity contribution in [3.05, 3.63) is 63.6 Å². The topological polar surface area (TPSA) is 102 Å². The van der Waals surface area contributed by atoms with Crippen LogP contribution in [0.4, 0.5) is 5.69 Å². The minimum atomic E-state index is -1.12. The van der Waals surface area contributed by atoms with E-state index < -0.39 is 17.6 Å². The van der Waals surface area contributed by atoms with Crippen LogP contribution in [0, 0.1) is 13.8 Å². The summed E-state index contributed by atoms with van der Waals surface area (Å²) in [5.74, 6) is -2.24. The van der Waals surface area contributed by atoms with E-state index in [1.165, 1.54) is 18.2 Å². The summed E-state index contributed by atoms with van der Waals surface area (Å²) in [6, 6.07) is 9.68. The zero-order valence-corrected chi connectivity index (χ0v) is 13.7. The molecular formula is C18H16N2O5. The first-order valence-electron chi connectivity index (χ1n) is 7.58. The highest BCUT2D eigenvalue weighted by Gasteiger charge is 2.15. The van der Waals surface area contributed by atoms with Gasteiger partial charge in [-0.3, -0.25) is 9.36 Å². The smallest absolute Gasteiger partial charge is 0.420 e. The van der Waals surface area contributed by atoms with Crippen LogP contribution in [0.3, 0.4) is 0 Å². The maximum Gasteiger partial charge on any atom is 0.420 e. The van der Waals surface area contributed by atoms with Gasteiger partial charge in [0.05, 0.1) is 11.1 Å². The molecule has 0 radical (unpaired) electrons. The molecule has 0 saturated carbocycles. The minimum Gasteiger partial charge on any atom is -0.478 e. The minimum absolute atomic E-state index is 0.0109. The maximum atomic E-state index is 12.3. The molecule has 1 aromatic heterocycles. The van der Waals surface area contributed by atoms with Crippen molar-refractivity contribution in [2.75, 3.05) is 5.32 Å². The number of hydrogen-bond donors (Lipinski definition) is 2. The van der Waals surface area contributed by atoms with Crippen molar-refractivity contribution in [1.82, 2.24) is 4.57 Å². The van der Waals surface area contributed by atoms with Crippen molar-refractivity contribution >= 4 is 28.7 Å². The molecule has 128 valence electrons. The average Bonchev–Trinajstić information content (AvgIpc) is 2.81. The number of fused-ring (bicyclic) bond motifs is 1. The quantitative estimate of drug-likeness (QED) is 0.760. The van der Waals surface area contributed by atoms with Gasteiger partial charge in [-0.05, 0) is 55.3 Å². The lowest BCUT2D eigenvalue weighted by atomic mass is 10.1. The number of rotatable bonds is 4. The Kier molecular flexibility index (Phi) is 4.14. The summed E-state index contributed by atoms with van der Waals surface area (Å²) in [6.07, 6.45) is 0. The van der Waals surface area contributed by atoms with Gasteiger partial charge in [-0.15, -0.1) is 0 Å². The lowest BCUT2D eigenvalue weighted by Crippen LogP contribution is -2.24. The molecule has 25 heavy (non-hydrogen) atoms. The number of oxazole rings is 1. The van der Waals surface area contributed by atoms with Crippen LogP contribution in [0.2, 0.25) is 0 Å². The van der Waals surface area contributed by atoms with Crippen molar-refractivity contribution in [1.29, 1.82) is 0 Å². The predicted octanol–water partition coefficient (Wildman–Crippen LogP) is 2.55. The number of carbonyl (C=O) groups is 2. The van der Waals surface area contributed by atoms with E-state index in [0.717, 1.165) is 15.7 Å². The largest absolute Gasteiger partial charge is 0.478 e. The van der Waals surface area contributed by atoms with E-state index in [1.807, 2.05) is 32.0 Å². The lowest BCUT2D eigenvalue weighted by Gasteiger charge is -2.08. The van der Waals surface area contributed by atoms with Gasteiger partial charge in [0.2, 0.25) is 5.91 Å². The van der Waals surface area contributed by atoms with Gasteiger partial charge in [0, 0.05) is 5.69 Å². The zero-order chi connectivity index (χ0) is 18.1. The van der Waals surface area contributed by atoms with Gasteiger partial charge in [-0.1, -0.05) is 6.07 Å². The van der Waals surface area contributed by atoms with E-state index in [9.17, 15) is 14.4 Å². The highest BCUT2D eigenvalue weighted by molar-refractivity contribution is 5.94. The van der Waals surface area contributed by atoms with Gasteiger partial charge >= 0.3 is 11.7 Å². The molecule has 0 fully saturated rings.